The van der Waals surface area contributed by atoms with E-state index in [1.807, 2.05) is 6.07 Å². The Hall–Kier alpha value is -3.30. The molecule has 1 aromatic rings. The summed E-state index contributed by atoms with van der Waals surface area (Å²) in [4.78, 5) is 11.3. The smallest absolute Gasteiger partial charge is 0.306 e. The van der Waals surface area contributed by atoms with Gasteiger partial charge in [-0.05, 0) is 31.0 Å². The molecular formula is C16H14N4O2. The van der Waals surface area contributed by atoms with Crippen molar-refractivity contribution < 1.29 is 9.53 Å². The second-order valence-corrected chi connectivity index (χ2v) is 4.22. The normalized spacial score (nSPS) is 8.82. The highest BCUT2D eigenvalue weighted by atomic mass is 16.5. The lowest BCUT2D eigenvalue weighted by atomic mass is 10.1. The number of nitriles is 3. The lowest BCUT2D eigenvalue weighted by Crippen LogP contribution is -2.05. The number of aryl methyl sites for hydroxylation is 1. The molecule has 0 amide bonds. The van der Waals surface area contributed by atoms with E-state index in [2.05, 4.69) is 5.32 Å². The van der Waals surface area contributed by atoms with Gasteiger partial charge in [-0.25, -0.2) is 0 Å². The number of rotatable bonds is 6. The molecule has 1 N–H and O–H groups in total. The van der Waals surface area contributed by atoms with E-state index in [0.29, 0.717) is 18.7 Å². The maximum absolute atomic E-state index is 11.3. The highest BCUT2D eigenvalue weighted by molar-refractivity contribution is 5.69. The molecule has 22 heavy (non-hydrogen) atoms. The number of hydrogen-bond acceptors (Lipinski definition) is 6. The van der Waals surface area contributed by atoms with Crippen molar-refractivity contribution in [1.82, 2.24) is 0 Å². The van der Waals surface area contributed by atoms with E-state index in [1.54, 1.807) is 43.3 Å². The quantitative estimate of drug-likeness (QED) is 0.637. The molecule has 0 atom stereocenters. The van der Waals surface area contributed by atoms with Crippen molar-refractivity contribution in [3.63, 3.8) is 0 Å². The minimum Gasteiger partial charge on any atom is -0.466 e. The molecule has 0 aromatic heterocycles. The first-order valence-corrected chi connectivity index (χ1v) is 6.60. The third kappa shape index (κ3) is 5.00. The van der Waals surface area contributed by atoms with Gasteiger partial charge in [-0.2, -0.15) is 15.8 Å². The molecule has 0 saturated heterocycles. The molecule has 1 rings (SSSR count). The fraction of sp³-hybridized carbons (Fsp3) is 0.250. The van der Waals surface area contributed by atoms with E-state index in [0.717, 1.165) is 5.56 Å². The summed E-state index contributed by atoms with van der Waals surface area (Å²) in [6, 6.07) is 12.2. The van der Waals surface area contributed by atoms with Crippen LogP contribution in [0.4, 0.5) is 5.69 Å². The topological polar surface area (TPSA) is 110 Å². The minimum atomic E-state index is -0.278. The summed E-state index contributed by atoms with van der Waals surface area (Å²) in [7, 11) is 0. The van der Waals surface area contributed by atoms with Crippen LogP contribution in [0.2, 0.25) is 0 Å². The predicted octanol–water partition coefficient (Wildman–Crippen LogP) is 2.42. The number of ether oxygens (including phenoxy) is 1. The summed E-state index contributed by atoms with van der Waals surface area (Å²) in [6.07, 6.45) is 0.767. The average Bonchev–Trinajstić information content (AvgIpc) is 2.53. The van der Waals surface area contributed by atoms with Gasteiger partial charge in [0, 0.05) is 12.1 Å². The predicted molar refractivity (Wildman–Crippen MR) is 78.9 cm³/mol. The molecule has 0 fully saturated rings. The number of carbonyl (C=O) groups is 1. The van der Waals surface area contributed by atoms with Gasteiger partial charge in [-0.1, -0.05) is 12.1 Å². The molecule has 0 heterocycles. The van der Waals surface area contributed by atoms with Gasteiger partial charge >= 0.3 is 5.97 Å². The van der Waals surface area contributed by atoms with Crippen molar-refractivity contribution in [3.8, 4) is 18.2 Å². The molecule has 0 spiro atoms. The summed E-state index contributed by atoms with van der Waals surface area (Å²) in [6.45, 7) is 2.10. The van der Waals surface area contributed by atoms with Crippen LogP contribution in [0.5, 0.6) is 0 Å². The number of benzene rings is 1. The Morgan fingerprint density at radius 3 is 2.55 bits per heavy atom. The first-order chi connectivity index (χ1) is 10.6. The van der Waals surface area contributed by atoms with Crippen LogP contribution in [0.15, 0.2) is 35.5 Å². The molecule has 0 aliphatic carbocycles. The van der Waals surface area contributed by atoms with Gasteiger partial charge in [0.05, 0.1) is 6.61 Å². The lowest BCUT2D eigenvalue weighted by Gasteiger charge is -2.07. The standard InChI is InChI=1S/C16H14N4O2/c1-2-22-16(21)7-6-12-4-3-5-14(8-12)20-15(11-19)13(9-17)10-18/h3-5,8,20H,2,6-7H2,1H3. The Bertz CT molecular complexity index is 686. The number of allylic oxidation sites excluding steroid dienone is 2. The first kappa shape index (κ1) is 16.8. The Labute approximate surface area is 128 Å². The second kappa shape index (κ2) is 8.79. The van der Waals surface area contributed by atoms with Gasteiger partial charge in [0.2, 0.25) is 0 Å². The van der Waals surface area contributed by atoms with Crippen LogP contribution in [0.1, 0.15) is 18.9 Å². The van der Waals surface area contributed by atoms with Crippen molar-refractivity contribution in [3.05, 3.63) is 41.1 Å². The highest BCUT2D eigenvalue weighted by Crippen LogP contribution is 2.15. The molecule has 0 saturated carbocycles. The molecule has 1 aromatic carbocycles. The molecule has 0 bridgehead atoms. The van der Waals surface area contributed by atoms with Crippen molar-refractivity contribution in [2.24, 2.45) is 0 Å². The summed E-state index contributed by atoms with van der Waals surface area (Å²) in [5.41, 5.74) is 1.07. The largest absolute Gasteiger partial charge is 0.466 e. The maximum Gasteiger partial charge on any atom is 0.306 e. The first-order valence-electron chi connectivity index (χ1n) is 6.60. The summed E-state index contributed by atoms with van der Waals surface area (Å²) in [5, 5.41) is 29.3. The van der Waals surface area contributed by atoms with Gasteiger partial charge in [0.15, 0.2) is 5.57 Å². The van der Waals surface area contributed by atoms with E-state index < -0.39 is 0 Å². The monoisotopic (exact) mass is 294 g/mol. The van der Waals surface area contributed by atoms with Crippen LogP contribution in [0.3, 0.4) is 0 Å². The fourth-order valence-electron chi connectivity index (χ4n) is 1.71. The van der Waals surface area contributed by atoms with Crippen molar-refractivity contribution in [2.75, 3.05) is 11.9 Å². The van der Waals surface area contributed by atoms with Gasteiger partial charge in [0.1, 0.15) is 23.9 Å². The molecule has 0 aliphatic heterocycles. The van der Waals surface area contributed by atoms with Gasteiger partial charge in [-0.15, -0.1) is 0 Å². The number of nitrogens with zero attached hydrogens (tertiary/aromatic N) is 3. The van der Waals surface area contributed by atoms with Crippen LogP contribution in [-0.2, 0) is 16.0 Å². The van der Waals surface area contributed by atoms with Crippen molar-refractivity contribution in [2.45, 2.75) is 19.8 Å². The number of carbonyl (C=O) groups excluding carboxylic acids is 1. The zero-order valence-corrected chi connectivity index (χ0v) is 12.1. The fourth-order valence-corrected chi connectivity index (χ4v) is 1.71. The van der Waals surface area contributed by atoms with Crippen LogP contribution in [-0.4, -0.2) is 12.6 Å². The number of nitrogens with one attached hydrogen (secondary N) is 1. The summed E-state index contributed by atoms with van der Waals surface area (Å²) in [5.74, 6) is -0.269. The Morgan fingerprint density at radius 2 is 1.95 bits per heavy atom. The van der Waals surface area contributed by atoms with E-state index in [9.17, 15) is 4.79 Å². The van der Waals surface area contributed by atoms with Crippen LogP contribution in [0, 0.1) is 34.0 Å². The Balaban J connectivity index is 2.83. The summed E-state index contributed by atoms with van der Waals surface area (Å²) >= 11 is 0. The van der Waals surface area contributed by atoms with E-state index in [-0.39, 0.29) is 23.7 Å². The van der Waals surface area contributed by atoms with E-state index >= 15 is 0 Å². The average molecular weight is 294 g/mol. The highest BCUT2D eigenvalue weighted by Gasteiger charge is 2.07. The van der Waals surface area contributed by atoms with Crippen LogP contribution >= 0.6 is 0 Å². The molecule has 110 valence electrons. The molecule has 6 heteroatoms. The zero-order chi connectivity index (χ0) is 16.4. The summed E-state index contributed by atoms with van der Waals surface area (Å²) < 4.78 is 4.86. The molecular weight excluding hydrogens is 280 g/mol. The van der Waals surface area contributed by atoms with Crippen LogP contribution in [0.25, 0.3) is 0 Å². The Morgan fingerprint density at radius 1 is 1.23 bits per heavy atom. The van der Waals surface area contributed by atoms with Crippen molar-refractivity contribution in [1.29, 1.82) is 15.8 Å². The molecule has 0 aliphatic rings. The molecule has 6 nitrogen and oxygen atoms in total. The SMILES string of the molecule is CCOC(=O)CCc1cccc(NC(C#N)=C(C#N)C#N)c1. The minimum absolute atomic E-state index is 0.104. The van der Waals surface area contributed by atoms with Crippen LogP contribution < -0.4 is 5.32 Å². The number of esters is 1. The molecule has 0 unspecified atom stereocenters. The van der Waals surface area contributed by atoms with E-state index in [4.69, 9.17) is 20.5 Å². The lowest BCUT2D eigenvalue weighted by molar-refractivity contribution is -0.143. The van der Waals surface area contributed by atoms with Gasteiger partial charge in [-0.3, -0.25) is 4.79 Å². The second-order valence-electron chi connectivity index (χ2n) is 4.22. The third-order valence-electron chi connectivity index (χ3n) is 2.70. The van der Waals surface area contributed by atoms with Gasteiger partial charge in [0.25, 0.3) is 0 Å². The molecule has 0 radical (unpaired) electrons. The van der Waals surface area contributed by atoms with Gasteiger partial charge < -0.3 is 10.1 Å². The third-order valence-corrected chi connectivity index (χ3v) is 2.70. The van der Waals surface area contributed by atoms with E-state index in [1.165, 1.54) is 0 Å². The maximum atomic E-state index is 11.3. The Kier molecular flexibility index (Phi) is 6.69. The zero-order valence-electron chi connectivity index (χ0n) is 12.1. The number of hydrogen-bond donors (Lipinski definition) is 1. The van der Waals surface area contributed by atoms with Crippen molar-refractivity contribution >= 4 is 11.7 Å². The number of anilines is 1.